The summed E-state index contributed by atoms with van der Waals surface area (Å²) in [5.74, 6) is 1.67. The maximum absolute atomic E-state index is 12.8. The van der Waals surface area contributed by atoms with Crippen molar-refractivity contribution in [3.63, 3.8) is 0 Å². The molecule has 0 radical (unpaired) electrons. The van der Waals surface area contributed by atoms with Crippen LogP contribution in [-0.4, -0.2) is 28.2 Å². The zero-order valence-corrected chi connectivity index (χ0v) is 19.4. The number of H-pyrrole nitrogens is 1. The Kier molecular flexibility index (Phi) is 6.92. The van der Waals surface area contributed by atoms with E-state index in [0.717, 1.165) is 22.4 Å². The average Bonchev–Trinajstić information content (AvgIpc) is 3.26. The van der Waals surface area contributed by atoms with Crippen molar-refractivity contribution in [2.24, 2.45) is 0 Å². The number of carbonyl (C=O) groups excluding carboxylic acids is 1. The van der Waals surface area contributed by atoms with Crippen LogP contribution < -0.4 is 15.6 Å². The molecule has 8 heteroatoms. The zero-order chi connectivity index (χ0) is 22.5. The van der Waals surface area contributed by atoms with Crippen molar-refractivity contribution in [2.45, 2.75) is 24.5 Å². The smallest absolute Gasteiger partial charge is 0.260 e. The molecule has 0 saturated heterocycles. The summed E-state index contributed by atoms with van der Waals surface area (Å²) in [4.78, 5) is 33.5. The van der Waals surface area contributed by atoms with Crippen molar-refractivity contribution in [2.75, 3.05) is 7.11 Å². The van der Waals surface area contributed by atoms with Crippen molar-refractivity contribution in [3.8, 4) is 16.9 Å². The van der Waals surface area contributed by atoms with Crippen molar-refractivity contribution >= 4 is 39.2 Å². The van der Waals surface area contributed by atoms with E-state index in [0.29, 0.717) is 28.3 Å². The molecule has 0 fully saturated rings. The standard InChI is InChI=1S/C24H23N3O3S2/c1-15(22(28)25-12-17-10-6-7-11-19(17)30-2)31-14-20-26-23(29)21-18(13-32-24(21)27-20)16-8-4-3-5-9-16/h3-11,13,15H,12,14H2,1-2H3,(H,25,28)(H,26,27,29)/t15-/m1/s1. The van der Waals surface area contributed by atoms with Gasteiger partial charge in [-0.1, -0.05) is 48.5 Å². The first-order valence-corrected chi connectivity index (χ1v) is 12.1. The second-order valence-corrected chi connectivity index (χ2v) is 9.38. The van der Waals surface area contributed by atoms with E-state index in [2.05, 4.69) is 15.3 Å². The van der Waals surface area contributed by atoms with Crippen molar-refractivity contribution in [1.29, 1.82) is 0 Å². The predicted molar refractivity (Wildman–Crippen MR) is 131 cm³/mol. The Balaban J connectivity index is 1.40. The van der Waals surface area contributed by atoms with Crippen LogP contribution in [0.4, 0.5) is 0 Å². The fourth-order valence-electron chi connectivity index (χ4n) is 3.35. The molecule has 6 nitrogen and oxygen atoms in total. The molecular formula is C24H23N3O3S2. The van der Waals surface area contributed by atoms with Gasteiger partial charge in [0.2, 0.25) is 5.91 Å². The molecule has 0 spiro atoms. The van der Waals surface area contributed by atoms with Crippen LogP contribution in [0.5, 0.6) is 5.75 Å². The molecule has 2 aromatic heterocycles. The number of nitrogens with one attached hydrogen (secondary N) is 2. The van der Waals surface area contributed by atoms with Crippen LogP contribution in [0.15, 0.2) is 64.8 Å². The maximum Gasteiger partial charge on any atom is 0.260 e. The average molecular weight is 466 g/mol. The van der Waals surface area contributed by atoms with Crippen LogP contribution in [0.3, 0.4) is 0 Å². The van der Waals surface area contributed by atoms with Gasteiger partial charge in [0.15, 0.2) is 0 Å². The summed E-state index contributed by atoms with van der Waals surface area (Å²) in [6.07, 6.45) is 0. The Labute approximate surface area is 194 Å². The molecule has 1 atom stereocenters. The summed E-state index contributed by atoms with van der Waals surface area (Å²) in [5, 5.41) is 5.22. The first-order chi connectivity index (χ1) is 15.6. The lowest BCUT2D eigenvalue weighted by atomic mass is 10.1. The number of hydrogen-bond acceptors (Lipinski definition) is 6. The molecule has 0 saturated carbocycles. The normalized spacial score (nSPS) is 11.9. The largest absolute Gasteiger partial charge is 0.496 e. The second-order valence-electron chi connectivity index (χ2n) is 7.19. The number of aromatic amines is 1. The van der Waals surface area contributed by atoms with Gasteiger partial charge < -0.3 is 15.0 Å². The Morgan fingerprint density at radius 1 is 1.19 bits per heavy atom. The highest BCUT2D eigenvalue weighted by molar-refractivity contribution is 7.99. The molecular weight excluding hydrogens is 442 g/mol. The first-order valence-electron chi connectivity index (χ1n) is 10.1. The minimum absolute atomic E-state index is 0.0770. The predicted octanol–water partition coefficient (Wildman–Crippen LogP) is 4.60. The molecule has 2 heterocycles. The Hall–Kier alpha value is -3.10. The van der Waals surface area contributed by atoms with Gasteiger partial charge in [0.25, 0.3) is 5.56 Å². The molecule has 2 aromatic carbocycles. The summed E-state index contributed by atoms with van der Waals surface area (Å²) in [6.45, 7) is 2.24. The van der Waals surface area contributed by atoms with Gasteiger partial charge in [-0.25, -0.2) is 4.98 Å². The van der Waals surface area contributed by atoms with Crippen LogP contribution in [0.2, 0.25) is 0 Å². The molecule has 4 rings (SSSR count). The highest BCUT2D eigenvalue weighted by Crippen LogP contribution is 2.30. The van der Waals surface area contributed by atoms with Gasteiger partial charge in [-0.15, -0.1) is 23.1 Å². The molecule has 0 aliphatic carbocycles. The lowest BCUT2D eigenvalue weighted by Gasteiger charge is -2.13. The van der Waals surface area contributed by atoms with E-state index < -0.39 is 0 Å². The third-order valence-corrected chi connectivity index (χ3v) is 7.09. The van der Waals surface area contributed by atoms with Crippen LogP contribution >= 0.6 is 23.1 Å². The number of thiophene rings is 1. The van der Waals surface area contributed by atoms with E-state index in [9.17, 15) is 9.59 Å². The van der Waals surface area contributed by atoms with Gasteiger partial charge >= 0.3 is 0 Å². The van der Waals surface area contributed by atoms with E-state index in [4.69, 9.17) is 4.74 Å². The summed E-state index contributed by atoms with van der Waals surface area (Å²) >= 11 is 2.89. The van der Waals surface area contributed by atoms with E-state index in [1.54, 1.807) is 7.11 Å². The number of methoxy groups -OCH3 is 1. The molecule has 164 valence electrons. The molecule has 2 N–H and O–H groups in total. The third kappa shape index (κ3) is 4.87. The van der Waals surface area contributed by atoms with Gasteiger partial charge in [0, 0.05) is 23.1 Å². The molecule has 0 aliphatic heterocycles. The fourth-order valence-corrected chi connectivity index (χ4v) is 5.09. The Bertz CT molecular complexity index is 1280. The van der Waals surface area contributed by atoms with Crippen LogP contribution in [0, 0.1) is 0 Å². The second kappa shape index (κ2) is 10.0. The van der Waals surface area contributed by atoms with Crippen LogP contribution in [0.25, 0.3) is 21.3 Å². The number of carbonyl (C=O) groups is 1. The summed E-state index contributed by atoms with van der Waals surface area (Å²) in [5.41, 5.74) is 2.65. The maximum atomic E-state index is 12.8. The number of nitrogens with zero attached hydrogens (tertiary/aromatic N) is 1. The molecule has 0 bridgehead atoms. The number of fused-ring (bicyclic) bond motifs is 1. The Morgan fingerprint density at radius 3 is 2.72 bits per heavy atom. The van der Waals surface area contributed by atoms with E-state index >= 15 is 0 Å². The van der Waals surface area contributed by atoms with E-state index in [-0.39, 0.29) is 16.7 Å². The topological polar surface area (TPSA) is 84.1 Å². The number of thioether (sulfide) groups is 1. The number of hydrogen-bond donors (Lipinski definition) is 2. The first kappa shape index (κ1) is 22.1. The number of para-hydroxylation sites is 1. The van der Waals surface area contributed by atoms with Crippen molar-refractivity contribution < 1.29 is 9.53 Å². The van der Waals surface area contributed by atoms with Gasteiger partial charge in [0.05, 0.1) is 23.5 Å². The minimum Gasteiger partial charge on any atom is -0.496 e. The van der Waals surface area contributed by atoms with Gasteiger partial charge in [-0.05, 0) is 18.6 Å². The lowest BCUT2D eigenvalue weighted by Crippen LogP contribution is -2.30. The van der Waals surface area contributed by atoms with Crippen LogP contribution in [-0.2, 0) is 17.1 Å². The number of benzene rings is 2. The highest BCUT2D eigenvalue weighted by atomic mass is 32.2. The zero-order valence-electron chi connectivity index (χ0n) is 17.8. The summed E-state index contributed by atoms with van der Waals surface area (Å²) in [7, 11) is 1.61. The number of rotatable bonds is 8. The quantitative estimate of drug-likeness (QED) is 0.397. The van der Waals surface area contributed by atoms with E-state index in [1.807, 2.05) is 66.9 Å². The molecule has 0 unspecified atom stereocenters. The fraction of sp³-hybridized carbons (Fsp3) is 0.208. The van der Waals surface area contributed by atoms with Crippen molar-refractivity contribution in [1.82, 2.24) is 15.3 Å². The van der Waals surface area contributed by atoms with Gasteiger partial charge in [-0.2, -0.15) is 0 Å². The van der Waals surface area contributed by atoms with Gasteiger partial charge in [-0.3, -0.25) is 9.59 Å². The minimum atomic E-state index is -0.297. The summed E-state index contributed by atoms with van der Waals surface area (Å²) in [6, 6.07) is 17.4. The highest BCUT2D eigenvalue weighted by Gasteiger charge is 2.17. The SMILES string of the molecule is COc1ccccc1CNC(=O)[C@@H](C)SCc1nc2scc(-c3ccccc3)c2c(=O)[nH]1. The van der Waals surface area contributed by atoms with Crippen molar-refractivity contribution in [3.05, 3.63) is 81.7 Å². The summed E-state index contributed by atoms with van der Waals surface area (Å²) < 4.78 is 5.32. The molecule has 32 heavy (non-hydrogen) atoms. The molecule has 1 amide bonds. The number of amides is 1. The van der Waals surface area contributed by atoms with E-state index in [1.165, 1.54) is 23.1 Å². The van der Waals surface area contributed by atoms with Crippen LogP contribution in [0.1, 0.15) is 18.3 Å². The molecule has 4 aromatic rings. The monoisotopic (exact) mass is 465 g/mol. The van der Waals surface area contributed by atoms with Gasteiger partial charge in [0.1, 0.15) is 16.4 Å². The molecule has 0 aliphatic rings. The lowest BCUT2D eigenvalue weighted by molar-refractivity contribution is -0.120. The third-order valence-electron chi connectivity index (χ3n) is 5.06. The number of ether oxygens (including phenoxy) is 1. The number of aromatic nitrogens is 2. The Morgan fingerprint density at radius 2 is 1.94 bits per heavy atom.